The maximum atomic E-state index is 13.0. The molecule has 0 fully saturated rings. The third kappa shape index (κ3) is 5.33. The van der Waals surface area contributed by atoms with Crippen molar-refractivity contribution in [2.45, 2.75) is 39.5 Å². The van der Waals surface area contributed by atoms with E-state index >= 15 is 0 Å². The molecule has 0 aliphatic heterocycles. The molecule has 0 saturated heterocycles. The molecular formula is C22H23ClN2O2S. The number of aromatic nitrogens is 1. The second-order valence-electron chi connectivity index (χ2n) is 6.53. The fourth-order valence-corrected chi connectivity index (χ4v) is 3.64. The molecule has 0 bridgehead atoms. The number of hydrogen-bond acceptors (Lipinski definition) is 4. The molecule has 0 unspecified atom stereocenters. The molecular weight excluding hydrogens is 392 g/mol. The van der Waals surface area contributed by atoms with E-state index < -0.39 is 0 Å². The molecule has 1 atom stereocenters. The van der Waals surface area contributed by atoms with Crippen molar-refractivity contribution in [2.24, 2.45) is 0 Å². The van der Waals surface area contributed by atoms with Gasteiger partial charge in [-0.15, -0.1) is 11.3 Å². The highest BCUT2D eigenvalue weighted by Crippen LogP contribution is 2.21. The second kappa shape index (κ2) is 9.71. The predicted octanol–water partition coefficient (Wildman–Crippen LogP) is 5.82. The third-order valence-corrected chi connectivity index (χ3v) is 5.60. The zero-order chi connectivity index (χ0) is 19.9. The largest absolute Gasteiger partial charge is 0.486 e. The highest BCUT2D eigenvalue weighted by atomic mass is 35.5. The number of benzene rings is 2. The number of nitrogens with zero attached hydrogens (tertiary/aromatic N) is 2. The summed E-state index contributed by atoms with van der Waals surface area (Å²) in [6.45, 7) is 5.01. The van der Waals surface area contributed by atoms with Gasteiger partial charge in [0.15, 0.2) is 0 Å². The Labute approximate surface area is 174 Å². The maximum Gasteiger partial charge on any atom is 0.254 e. The minimum Gasteiger partial charge on any atom is -0.486 e. The average molecular weight is 415 g/mol. The third-order valence-electron chi connectivity index (χ3n) is 4.49. The van der Waals surface area contributed by atoms with Gasteiger partial charge in [-0.3, -0.25) is 4.79 Å². The van der Waals surface area contributed by atoms with Crippen molar-refractivity contribution in [1.82, 2.24) is 9.88 Å². The summed E-state index contributed by atoms with van der Waals surface area (Å²) in [5, 5.41) is 3.50. The molecule has 2 aromatic carbocycles. The Hall–Kier alpha value is -2.37. The lowest BCUT2D eigenvalue weighted by molar-refractivity contribution is 0.0669. The number of carbonyl (C=O) groups excluding carboxylic acids is 1. The Balaban J connectivity index is 1.67. The van der Waals surface area contributed by atoms with Crippen LogP contribution in [0.5, 0.6) is 5.75 Å². The maximum absolute atomic E-state index is 13.0. The van der Waals surface area contributed by atoms with E-state index in [0.717, 1.165) is 17.1 Å². The molecule has 146 valence electrons. The van der Waals surface area contributed by atoms with Crippen LogP contribution in [0, 0.1) is 0 Å². The Bertz CT molecular complexity index is 914. The predicted molar refractivity (Wildman–Crippen MR) is 114 cm³/mol. The van der Waals surface area contributed by atoms with Gasteiger partial charge in [-0.25, -0.2) is 4.98 Å². The number of hydrogen-bond donors (Lipinski definition) is 0. The van der Waals surface area contributed by atoms with Gasteiger partial charge in [0.1, 0.15) is 17.4 Å². The highest BCUT2D eigenvalue weighted by Gasteiger charge is 2.21. The lowest BCUT2D eigenvalue weighted by Gasteiger charge is -2.28. The van der Waals surface area contributed by atoms with Crippen LogP contribution >= 0.6 is 22.9 Å². The van der Waals surface area contributed by atoms with Crippen LogP contribution in [0.4, 0.5) is 0 Å². The van der Waals surface area contributed by atoms with Crippen molar-refractivity contribution in [3.63, 3.8) is 0 Å². The van der Waals surface area contributed by atoms with Gasteiger partial charge in [-0.1, -0.05) is 42.8 Å². The van der Waals surface area contributed by atoms with E-state index in [9.17, 15) is 4.79 Å². The van der Waals surface area contributed by atoms with E-state index in [-0.39, 0.29) is 11.9 Å². The molecule has 0 aliphatic carbocycles. The van der Waals surface area contributed by atoms with E-state index in [0.29, 0.717) is 29.5 Å². The van der Waals surface area contributed by atoms with Gasteiger partial charge < -0.3 is 9.64 Å². The Morgan fingerprint density at radius 1 is 1.21 bits per heavy atom. The molecule has 28 heavy (non-hydrogen) atoms. The summed E-state index contributed by atoms with van der Waals surface area (Å²) < 4.78 is 5.76. The normalized spacial score (nSPS) is 11.8. The molecule has 0 radical (unpaired) electrons. The summed E-state index contributed by atoms with van der Waals surface area (Å²) >= 11 is 7.52. The Morgan fingerprint density at radius 3 is 2.71 bits per heavy atom. The van der Waals surface area contributed by atoms with Crippen molar-refractivity contribution in [3.8, 4) is 5.75 Å². The number of halogens is 1. The quantitative estimate of drug-likeness (QED) is 0.466. The van der Waals surface area contributed by atoms with Gasteiger partial charge in [-0.2, -0.15) is 0 Å². The molecule has 3 rings (SSSR count). The number of thiazole rings is 1. The van der Waals surface area contributed by atoms with Crippen LogP contribution in [0.1, 0.15) is 41.3 Å². The zero-order valence-corrected chi connectivity index (χ0v) is 17.5. The van der Waals surface area contributed by atoms with Crippen molar-refractivity contribution >= 4 is 28.8 Å². The van der Waals surface area contributed by atoms with Crippen LogP contribution in [0.3, 0.4) is 0 Å². The lowest BCUT2D eigenvalue weighted by Crippen LogP contribution is -2.37. The minimum absolute atomic E-state index is 0.0275. The molecule has 0 N–H and O–H groups in total. The zero-order valence-electron chi connectivity index (χ0n) is 16.0. The van der Waals surface area contributed by atoms with E-state index in [1.165, 1.54) is 11.3 Å². The summed E-state index contributed by atoms with van der Waals surface area (Å²) in [5.74, 6) is 0.740. The van der Waals surface area contributed by atoms with Crippen molar-refractivity contribution in [1.29, 1.82) is 0 Å². The highest BCUT2D eigenvalue weighted by molar-refractivity contribution is 7.09. The van der Waals surface area contributed by atoms with E-state index in [2.05, 4.69) is 18.8 Å². The first-order valence-electron chi connectivity index (χ1n) is 9.24. The summed E-state index contributed by atoms with van der Waals surface area (Å²) in [5.41, 5.74) is 1.57. The molecule has 0 spiro atoms. The average Bonchev–Trinajstić information content (AvgIpc) is 3.18. The summed E-state index contributed by atoms with van der Waals surface area (Å²) in [4.78, 5) is 19.5. The first-order valence-corrected chi connectivity index (χ1v) is 10.5. The standard InChI is InChI=1S/C22H23ClN2O2S/c1-3-16(2)25(22(26)17-8-5-4-6-9-17)13-19-15-28-21(24-19)14-27-20-11-7-10-18(23)12-20/h4-12,15-16H,3,13-14H2,1-2H3/t16-/m1/s1. The molecule has 0 saturated carbocycles. The fraction of sp³-hybridized carbons (Fsp3) is 0.273. The molecule has 6 heteroatoms. The fourth-order valence-electron chi connectivity index (χ4n) is 2.76. The van der Waals surface area contributed by atoms with Gasteiger partial charge in [0.05, 0.1) is 12.2 Å². The molecule has 0 aliphatic rings. The molecule has 1 aromatic heterocycles. The van der Waals surface area contributed by atoms with Gasteiger partial charge >= 0.3 is 0 Å². The summed E-state index contributed by atoms with van der Waals surface area (Å²) in [6.07, 6.45) is 0.882. The molecule has 1 amide bonds. The Morgan fingerprint density at radius 2 is 2.00 bits per heavy atom. The van der Waals surface area contributed by atoms with Crippen LogP contribution in [0.15, 0.2) is 60.0 Å². The minimum atomic E-state index is 0.0275. The Kier molecular flexibility index (Phi) is 7.06. The molecule has 4 nitrogen and oxygen atoms in total. The lowest BCUT2D eigenvalue weighted by atomic mass is 10.1. The van der Waals surface area contributed by atoms with E-state index in [1.807, 2.05) is 58.8 Å². The van der Waals surface area contributed by atoms with Crippen LogP contribution in [-0.2, 0) is 13.2 Å². The van der Waals surface area contributed by atoms with Gasteiger partial charge in [0.2, 0.25) is 0 Å². The van der Waals surface area contributed by atoms with E-state index in [1.54, 1.807) is 6.07 Å². The topological polar surface area (TPSA) is 42.4 Å². The first-order chi connectivity index (χ1) is 13.6. The molecule has 3 aromatic rings. The first kappa shape index (κ1) is 20.4. The van der Waals surface area contributed by atoms with Crippen LogP contribution in [-0.4, -0.2) is 21.8 Å². The number of ether oxygens (including phenoxy) is 1. The second-order valence-corrected chi connectivity index (χ2v) is 7.91. The van der Waals surface area contributed by atoms with Crippen LogP contribution in [0.2, 0.25) is 5.02 Å². The van der Waals surface area contributed by atoms with Crippen molar-refractivity contribution in [3.05, 3.63) is 81.3 Å². The number of amides is 1. The van der Waals surface area contributed by atoms with Crippen LogP contribution < -0.4 is 4.74 Å². The van der Waals surface area contributed by atoms with Crippen molar-refractivity contribution < 1.29 is 9.53 Å². The molecule has 1 heterocycles. The number of rotatable bonds is 8. The van der Waals surface area contributed by atoms with Gasteiger partial charge in [-0.05, 0) is 43.7 Å². The van der Waals surface area contributed by atoms with E-state index in [4.69, 9.17) is 16.3 Å². The summed E-state index contributed by atoms with van der Waals surface area (Å²) in [6, 6.07) is 16.8. The van der Waals surface area contributed by atoms with Gasteiger partial charge in [0.25, 0.3) is 5.91 Å². The smallest absolute Gasteiger partial charge is 0.254 e. The SMILES string of the molecule is CC[C@@H](C)N(Cc1csc(COc2cccc(Cl)c2)n1)C(=O)c1ccccc1. The van der Waals surface area contributed by atoms with Crippen LogP contribution in [0.25, 0.3) is 0 Å². The van der Waals surface area contributed by atoms with Gasteiger partial charge in [0, 0.05) is 22.0 Å². The summed E-state index contributed by atoms with van der Waals surface area (Å²) in [7, 11) is 0. The van der Waals surface area contributed by atoms with Crippen molar-refractivity contribution in [2.75, 3.05) is 0 Å². The monoisotopic (exact) mass is 414 g/mol. The number of carbonyl (C=O) groups is 1.